The third-order valence-corrected chi connectivity index (χ3v) is 3.71. The number of aryl methyl sites for hydroxylation is 1. The Balaban J connectivity index is 1.93. The van der Waals surface area contributed by atoms with Gasteiger partial charge in [0.15, 0.2) is 6.10 Å². The Bertz CT molecular complexity index is 716. The van der Waals surface area contributed by atoms with E-state index in [2.05, 4.69) is 10.9 Å². The summed E-state index contributed by atoms with van der Waals surface area (Å²) in [5, 5.41) is 0.312. The molecule has 2 N–H and O–H groups in total. The first-order valence-corrected chi connectivity index (χ1v) is 7.97. The average Bonchev–Trinajstić information content (AvgIpc) is 2.59. The first kappa shape index (κ1) is 17.8. The van der Waals surface area contributed by atoms with Gasteiger partial charge in [0.05, 0.1) is 10.6 Å². The second-order valence-corrected chi connectivity index (χ2v) is 5.66. The predicted molar refractivity (Wildman–Crippen MR) is 92.9 cm³/mol. The van der Waals surface area contributed by atoms with Crippen molar-refractivity contribution < 1.29 is 14.3 Å². The second kappa shape index (κ2) is 8.36. The van der Waals surface area contributed by atoms with Gasteiger partial charge >= 0.3 is 0 Å². The second-order valence-electron chi connectivity index (χ2n) is 5.25. The van der Waals surface area contributed by atoms with Crippen molar-refractivity contribution in [2.24, 2.45) is 0 Å². The molecule has 0 saturated heterocycles. The van der Waals surface area contributed by atoms with Gasteiger partial charge in [-0.05, 0) is 37.6 Å². The molecule has 0 heterocycles. The van der Waals surface area contributed by atoms with Crippen LogP contribution in [0.5, 0.6) is 5.75 Å². The normalized spacial score (nSPS) is 11.5. The number of hydrogen-bond acceptors (Lipinski definition) is 3. The van der Waals surface area contributed by atoms with E-state index < -0.39 is 17.9 Å². The molecule has 0 aliphatic heterocycles. The van der Waals surface area contributed by atoms with Crippen LogP contribution in [0.2, 0.25) is 5.02 Å². The van der Waals surface area contributed by atoms with Crippen LogP contribution < -0.4 is 15.6 Å². The summed E-state index contributed by atoms with van der Waals surface area (Å²) in [6.07, 6.45) is -0.249. The lowest BCUT2D eigenvalue weighted by molar-refractivity contribution is -0.128. The molecule has 2 aromatic carbocycles. The van der Waals surface area contributed by atoms with Gasteiger partial charge in [-0.2, -0.15) is 0 Å². The summed E-state index contributed by atoms with van der Waals surface area (Å²) in [5.41, 5.74) is 6.10. The number of rotatable bonds is 5. The number of halogens is 1. The molecule has 2 aromatic rings. The monoisotopic (exact) mass is 346 g/mol. The Kier molecular flexibility index (Phi) is 6.21. The molecule has 24 heavy (non-hydrogen) atoms. The molecule has 0 aliphatic carbocycles. The fourth-order valence-corrected chi connectivity index (χ4v) is 2.24. The van der Waals surface area contributed by atoms with E-state index in [9.17, 15) is 9.59 Å². The fraction of sp³-hybridized carbons (Fsp3) is 0.222. The fourth-order valence-electron chi connectivity index (χ4n) is 2.01. The summed E-state index contributed by atoms with van der Waals surface area (Å²) < 4.78 is 5.65. The summed E-state index contributed by atoms with van der Waals surface area (Å²) in [6.45, 7) is 3.80. The number of hydrogen-bond donors (Lipinski definition) is 2. The van der Waals surface area contributed by atoms with E-state index in [1.807, 2.05) is 26.0 Å². The minimum absolute atomic E-state index is 0.284. The van der Waals surface area contributed by atoms with E-state index >= 15 is 0 Å². The molecule has 0 aromatic heterocycles. The zero-order chi connectivity index (χ0) is 17.5. The van der Waals surface area contributed by atoms with E-state index in [-0.39, 0.29) is 5.56 Å². The maximum absolute atomic E-state index is 12.2. The molecular weight excluding hydrogens is 328 g/mol. The number of benzene rings is 2. The van der Waals surface area contributed by atoms with Gasteiger partial charge in [-0.1, -0.05) is 48.4 Å². The molecule has 0 radical (unpaired) electrons. The zero-order valence-corrected chi connectivity index (χ0v) is 14.3. The SMILES string of the molecule is CCC(Oc1ccc(C)cc1)C(=O)NNC(=O)c1ccccc1Cl. The number of hydrazine groups is 1. The summed E-state index contributed by atoms with van der Waals surface area (Å²) in [4.78, 5) is 24.2. The largest absolute Gasteiger partial charge is 0.481 e. The summed E-state index contributed by atoms with van der Waals surface area (Å²) >= 11 is 5.95. The topological polar surface area (TPSA) is 67.4 Å². The van der Waals surface area contributed by atoms with Crippen molar-refractivity contribution in [3.05, 3.63) is 64.7 Å². The molecule has 2 amide bonds. The highest BCUT2D eigenvalue weighted by Gasteiger charge is 2.19. The Morgan fingerprint density at radius 3 is 2.38 bits per heavy atom. The minimum Gasteiger partial charge on any atom is -0.481 e. The van der Waals surface area contributed by atoms with Crippen LogP contribution in [0.25, 0.3) is 0 Å². The number of amides is 2. The van der Waals surface area contributed by atoms with E-state index in [1.165, 1.54) is 0 Å². The van der Waals surface area contributed by atoms with Gasteiger partial charge < -0.3 is 4.74 Å². The van der Waals surface area contributed by atoms with Crippen LogP contribution in [-0.4, -0.2) is 17.9 Å². The smallest absolute Gasteiger partial charge is 0.279 e. The number of ether oxygens (including phenoxy) is 1. The van der Waals surface area contributed by atoms with E-state index in [0.717, 1.165) is 5.56 Å². The van der Waals surface area contributed by atoms with Crippen molar-refractivity contribution in [2.45, 2.75) is 26.4 Å². The van der Waals surface area contributed by atoms with Gasteiger partial charge in [-0.25, -0.2) is 0 Å². The van der Waals surface area contributed by atoms with Gasteiger partial charge in [0, 0.05) is 0 Å². The van der Waals surface area contributed by atoms with Crippen LogP contribution in [0.4, 0.5) is 0 Å². The van der Waals surface area contributed by atoms with E-state index in [1.54, 1.807) is 36.4 Å². The molecule has 0 bridgehead atoms. The molecule has 0 aliphatic rings. The highest BCUT2D eigenvalue weighted by atomic mass is 35.5. The zero-order valence-electron chi connectivity index (χ0n) is 13.5. The molecule has 5 nitrogen and oxygen atoms in total. The first-order valence-electron chi connectivity index (χ1n) is 7.59. The lowest BCUT2D eigenvalue weighted by atomic mass is 10.2. The summed E-state index contributed by atoms with van der Waals surface area (Å²) in [7, 11) is 0. The minimum atomic E-state index is -0.709. The van der Waals surface area contributed by atoms with Crippen molar-refractivity contribution in [3.63, 3.8) is 0 Å². The molecule has 0 spiro atoms. The van der Waals surface area contributed by atoms with Crippen molar-refractivity contribution in [2.75, 3.05) is 0 Å². The molecule has 2 rings (SSSR count). The maximum Gasteiger partial charge on any atom is 0.279 e. The van der Waals surface area contributed by atoms with Crippen LogP contribution in [0.3, 0.4) is 0 Å². The Labute approximate surface area is 145 Å². The summed E-state index contributed by atoms with van der Waals surface area (Å²) in [6, 6.07) is 14.0. The van der Waals surface area contributed by atoms with Crippen molar-refractivity contribution in [3.8, 4) is 5.75 Å². The third kappa shape index (κ3) is 4.73. The van der Waals surface area contributed by atoms with Gasteiger partial charge in [-0.15, -0.1) is 0 Å². The standard InChI is InChI=1S/C18H19ClN2O3/c1-3-16(24-13-10-8-12(2)9-11-13)18(23)21-20-17(22)14-6-4-5-7-15(14)19/h4-11,16H,3H2,1-2H3,(H,20,22)(H,21,23). The Morgan fingerprint density at radius 1 is 1.08 bits per heavy atom. The summed E-state index contributed by atoms with van der Waals surface area (Å²) in [5.74, 6) is -0.322. The quantitative estimate of drug-likeness (QED) is 0.816. The Hall–Kier alpha value is -2.53. The first-order chi connectivity index (χ1) is 11.5. The van der Waals surface area contributed by atoms with Crippen molar-refractivity contribution >= 4 is 23.4 Å². The number of carbonyl (C=O) groups excluding carboxylic acids is 2. The van der Waals surface area contributed by atoms with Gasteiger partial charge in [-0.3, -0.25) is 20.4 Å². The molecular formula is C18H19ClN2O3. The van der Waals surface area contributed by atoms with Crippen LogP contribution in [0.15, 0.2) is 48.5 Å². The van der Waals surface area contributed by atoms with Crippen LogP contribution in [-0.2, 0) is 4.79 Å². The Morgan fingerprint density at radius 2 is 1.75 bits per heavy atom. The maximum atomic E-state index is 12.2. The van der Waals surface area contributed by atoms with Gasteiger partial charge in [0.25, 0.3) is 11.8 Å². The molecule has 0 saturated carbocycles. The third-order valence-electron chi connectivity index (χ3n) is 3.38. The molecule has 1 unspecified atom stereocenters. The van der Waals surface area contributed by atoms with E-state index in [0.29, 0.717) is 17.2 Å². The van der Waals surface area contributed by atoms with Crippen LogP contribution in [0.1, 0.15) is 29.3 Å². The average molecular weight is 347 g/mol. The highest BCUT2D eigenvalue weighted by molar-refractivity contribution is 6.33. The molecule has 1 atom stereocenters. The lowest BCUT2D eigenvalue weighted by Crippen LogP contribution is -2.48. The van der Waals surface area contributed by atoms with Gasteiger partial charge in [0.2, 0.25) is 0 Å². The molecule has 126 valence electrons. The molecule has 6 heteroatoms. The highest BCUT2D eigenvalue weighted by Crippen LogP contribution is 2.15. The lowest BCUT2D eigenvalue weighted by Gasteiger charge is -2.17. The molecule has 0 fully saturated rings. The predicted octanol–water partition coefficient (Wildman–Crippen LogP) is 3.27. The van der Waals surface area contributed by atoms with E-state index in [4.69, 9.17) is 16.3 Å². The number of carbonyl (C=O) groups is 2. The van der Waals surface area contributed by atoms with Crippen LogP contribution >= 0.6 is 11.6 Å². The van der Waals surface area contributed by atoms with Crippen molar-refractivity contribution in [1.29, 1.82) is 0 Å². The number of nitrogens with one attached hydrogen (secondary N) is 2. The van der Waals surface area contributed by atoms with Crippen LogP contribution in [0, 0.1) is 6.92 Å². The van der Waals surface area contributed by atoms with Crippen molar-refractivity contribution in [1.82, 2.24) is 10.9 Å². The van der Waals surface area contributed by atoms with Gasteiger partial charge in [0.1, 0.15) is 5.75 Å².